The molecule has 0 atom stereocenters. The van der Waals surface area contributed by atoms with Crippen LogP contribution in [0.4, 0.5) is 0 Å². The van der Waals surface area contributed by atoms with Crippen LogP contribution in [0.2, 0.25) is 0 Å². The van der Waals surface area contributed by atoms with Gasteiger partial charge in [0, 0.05) is 37.7 Å². The average Bonchev–Trinajstić information content (AvgIpc) is 3.32. The summed E-state index contributed by atoms with van der Waals surface area (Å²) in [5.41, 5.74) is 5.79. The van der Waals surface area contributed by atoms with Crippen molar-refractivity contribution in [2.45, 2.75) is 13.3 Å². The number of aryl methyl sites for hydroxylation is 2. The van der Waals surface area contributed by atoms with Crippen molar-refractivity contribution in [3.63, 3.8) is 0 Å². The van der Waals surface area contributed by atoms with Crippen LogP contribution in [0.1, 0.15) is 17.1 Å². The van der Waals surface area contributed by atoms with Gasteiger partial charge in [-0.15, -0.1) is 0 Å². The molecule has 5 rings (SSSR count). The number of rotatable bonds is 2. The van der Waals surface area contributed by atoms with Gasteiger partial charge in [0.25, 0.3) is 0 Å². The fourth-order valence-corrected chi connectivity index (χ4v) is 3.45. The van der Waals surface area contributed by atoms with E-state index in [9.17, 15) is 0 Å². The van der Waals surface area contributed by atoms with Crippen LogP contribution in [0.25, 0.3) is 28.5 Å². The number of ether oxygens (including phenoxy) is 1. The van der Waals surface area contributed by atoms with Gasteiger partial charge in [-0.3, -0.25) is 4.68 Å². The SMILES string of the molecule is COc1ccc2c(c1)-c1nn(C)cc1Cc1c(-c3noc(C)n3)ncn1-2. The molecule has 8 nitrogen and oxygen atoms in total. The van der Waals surface area contributed by atoms with E-state index >= 15 is 0 Å². The first-order chi connectivity index (χ1) is 12.6. The molecule has 4 heterocycles. The molecule has 1 aliphatic heterocycles. The van der Waals surface area contributed by atoms with Crippen LogP contribution in [-0.4, -0.2) is 36.6 Å². The lowest BCUT2D eigenvalue weighted by molar-refractivity contribution is 0.394. The van der Waals surface area contributed by atoms with E-state index in [0.717, 1.165) is 39.6 Å². The van der Waals surface area contributed by atoms with Crippen molar-refractivity contribution in [1.82, 2.24) is 29.5 Å². The van der Waals surface area contributed by atoms with Gasteiger partial charge in [0.1, 0.15) is 17.8 Å². The number of nitrogens with zero attached hydrogens (tertiary/aromatic N) is 6. The third-order valence-electron chi connectivity index (χ3n) is 4.59. The second-order valence-corrected chi connectivity index (χ2v) is 6.28. The van der Waals surface area contributed by atoms with Crippen molar-refractivity contribution in [3.8, 4) is 34.2 Å². The van der Waals surface area contributed by atoms with Crippen molar-refractivity contribution in [3.05, 3.63) is 47.9 Å². The molecule has 4 aromatic rings. The summed E-state index contributed by atoms with van der Waals surface area (Å²) in [5.74, 6) is 1.80. The van der Waals surface area contributed by atoms with Gasteiger partial charge in [0.05, 0.1) is 24.2 Å². The zero-order valence-electron chi connectivity index (χ0n) is 14.6. The lowest BCUT2D eigenvalue weighted by Crippen LogP contribution is -2.01. The van der Waals surface area contributed by atoms with Crippen molar-refractivity contribution >= 4 is 0 Å². The summed E-state index contributed by atoms with van der Waals surface area (Å²) in [7, 11) is 3.59. The molecular weight excluding hydrogens is 332 g/mol. The molecule has 0 amide bonds. The first-order valence-corrected chi connectivity index (χ1v) is 8.22. The highest BCUT2D eigenvalue weighted by molar-refractivity contribution is 5.77. The normalized spacial score (nSPS) is 12.3. The Hall–Kier alpha value is -3.42. The number of benzene rings is 1. The Morgan fingerprint density at radius 1 is 1.23 bits per heavy atom. The van der Waals surface area contributed by atoms with E-state index in [1.807, 2.05) is 36.1 Å². The van der Waals surface area contributed by atoms with Gasteiger partial charge in [-0.2, -0.15) is 10.1 Å². The first kappa shape index (κ1) is 14.9. The van der Waals surface area contributed by atoms with E-state index in [1.165, 1.54) is 0 Å². The van der Waals surface area contributed by atoms with Gasteiger partial charge >= 0.3 is 0 Å². The Labute approximate surface area is 149 Å². The minimum atomic E-state index is 0.499. The largest absolute Gasteiger partial charge is 0.497 e. The molecule has 1 aliphatic rings. The molecule has 1 aromatic carbocycles. The summed E-state index contributed by atoms with van der Waals surface area (Å²) in [6.45, 7) is 1.77. The zero-order valence-corrected chi connectivity index (χ0v) is 14.6. The van der Waals surface area contributed by atoms with Crippen LogP contribution in [0.15, 0.2) is 35.2 Å². The van der Waals surface area contributed by atoms with Crippen molar-refractivity contribution in [1.29, 1.82) is 0 Å². The molecule has 0 radical (unpaired) electrons. The molecule has 0 unspecified atom stereocenters. The standard InChI is InChI=1S/C18H16N6O2/c1-10-20-18(22-26-10)17-15-6-11-8-23(2)21-16(11)13-7-12(25-3)4-5-14(13)24(15)9-19-17/h4-5,7-9H,6H2,1-3H3. The van der Waals surface area contributed by atoms with E-state index in [4.69, 9.17) is 9.26 Å². The van der Waals surface area contributed by atoms with Gasteiger partial charge in [-0.25, -0.2) is 4.98 Å². The van der Waals surface area contributed by atoms with Crippen LogP contribution in [0.5, 0.6) is 5.75 Å². The summed E-state index contributed by atoms with van der Waals surface area (Å²) in [4.78, 5) is 8.91. The van der Waals surface area contributed by atoms with Crippen LogP contribution >= 0.6 is 0 Å². The number of methoxy groups -OCH3 is 1. The Balaban J connectivity index is 1.80. The fraction of sp³-hybridized carbons (Fsp3) is 0.222. The molecule has 0 aliphatic carbocycles. The van der Waals surface area contributed by atoms with Gasteiger partial charge < -0.3 is 13.8 Å². The molecule has 8 heteroatoms. The molecule has 0 bridgehead atoms. The van der Waals surface area contributed by atoms with Crippen molar-refractivity contribution in [2.24, 2.45) is 7.05 Å². The first-order valence-electron chi connectivity index (χ1n) is 8.22. The third kappa shape index (κ3) is 2.08. The summed E-state index contributed by atoms with van der Waals surface area (Å²) in [5, 5.41) is 8.71. The number of fused-ring (bicyclic) bond motifs is 5. The fourth-order valence-electron chi connectivity index (χ4n) is 3.45. The number of hydrogen-bond acceptors (Lipinski definition) is 6. The number of imidazole rings is 1. The van der Waals surface area contributed by atoms with E-state index < -0.39 is 0 Å². The quantitative estimate of drug-likeness (QED) is 0.487. The Kier molecular flexibility index (Phi) is 3.03. The Bertz CT molecular complexity index is 1140. The minimum absolute atomic E-state index is 0.499. The van der Waals surface area contributed by atoms with Crippen LogP contribution in [-0.2, 0) is 13.5 Å². The molecule has 0 N–H and O–H groups in total. The van der Waals surface area contributed by atoms with E-state index in [1.54, 1.807) is 20.4 Å². The molecule has 0 fully saturated rings. The molecule has 0 saturated heterocycles. The average molecular weight is 348 g/mol. The van der Waals surface area contributed by atoms with E-state index in [2.05, 4.69) is 24.8 Å². The predicted molar refractivity (Wildman–Crippen MR) is 93.2 cm³/mol. The molecule has 0 spiro atoms. The van der Waals surface area contributed by atoms with E-state index in [0.29, 0.717) is 18.1 Å². The summed E-state index contributed by atoms with van der Waals surface area (Å²) >= 11 is 0. The zero-order chi connectivity index (χ0) is 17.8. The van der Waals surface area contributed by atoms with Gasteiger partial charge in [-0.1, -0.05) is 5.16 Å². The molecular formula is C18H16N6O2. The minimum Gasteiger partial charge on any atom is -0.497 e. The van der Waals surface area contributed by atoms with Crippen molar-refractivity contribution in [2.75, 3.05) is 7.11 Å². The van der Waals surface area contributed by atoms with Crippen LogP contribution in [0.3, 0.4) is 0 Å². The maximum atomic E-state index is 5.42. The summed E-state index contributed by atoms with van der Waals surface area (Å²) in [6, 6.07) is 5.97. The van der Waals surface area contributed by atoms with Crippen LogP contribution in [0, 0.1) is 6.92 Å². The number of aromatic nitrogens is 6. The Morgan fingerprint density at radius 2 is 2.12 bits per heavy atom. The van der Waals surface area contributed by atoms with E-state index in [-0.39, 0.29) is 0 Å². The van der Waals surface area contributed by atoms with Crippen LogP contribution < -0.4 is 4.74 Å². The predicted octanol–water partition coefficient (Wildman–Crippen LogP) is 2.54. The molecule has 26 heavy (non-hydrogen) atoms. The smallest absolute Gasteiger partial charge is 0.223 e. The maximum Gasteiger partial charge on any atom is 0.223 e. The summed E-state index contributed by atoms with van der Waals surface area (Å²) < 4.78 is 14.5. The van der Waals surface area contributed by atoms with Gasteiger partial charge in [-0.05, 0) is 18.2 Å². The lowest BCUT2D eigenvalue weighted by atomic mass is 10.0. The highest BCUT2D eigenvalue weighted by Gasteiger charge is 2.27. The monoisotopic (exact) mass is 348 g/mol. The number of hydrogen-bond donors (Lipinski definition) is 0. The highest BCUT2D eigenvalue weighted by Crippen LogP contribution is 2.38. The van der Waals surface area contributed by atoms with Gasteiger partial charge in [0.2, 0.25) is 11.7 Å². The molecule has 0 saturated carbocycles. The van der Waals surface area contributed by atoms with Crippen molar-refractivity contribution < 1.29 is 9.26 Å². The third-order valence-corrected chi connectivity index (χ3v) is 4.59. The second kappa shape index (κ2) is 5.29. The Morgan fingerprint density at radius 3 is 2.88 bits per heavy atom. The highest BCUT2D eigenvalue weighted by atomic mass is 16.5. The second-order valence-electron chi connectivity index (χ2n) is 6.28. The topological polar surface area (TPSA) is 83.8 Å². The molecule has 130 valence electrons. The maximum absolute atomic E-state index is 5.42. The molecule has 3 aromatic heterocycles. The lowest BCUT2D eigenvalue weighted by Gasteiger charge is -2.11. The summed E-state index contributed by atoms with van der Waals surface area (Å²) in [6.07, 6.45) is 4.50. The van der Waals surface area contributed by atoms with Gasteiger partial charge in [0.15, 0.2) is 0 Å².